The molecule has 0 aliphatic carbocycles. The lowest BCUT2D eigenvalue weighted by Gasteiger charge is -1.95. The fraction of sp³-hybridized carbons (Fsp3) is 0.143. The molecule has 18 heavy (non-hydrogen) atoms. The van der Waals surface area contributed by atoms with Gasteiger partial charge in [0.05, 0.1) is 0 Å². The Kier molecular flexibility index (Phi) is 2.78. The molecule has 0 unspecified atom stereocenters. The van der Waals surface area contributed by atoms with Crippen LogP contribution in [0.3, 0.4) is 0 Å². The summed E-state index contributed by atoms with van der Waals surface area (Å²) in [5, 5.41) is 4.47. The average molecular weight is 238 g/mol. The monoisotopic (exact) mass is 238 g/mol. The Morgan fingerprint density at radius 1 is 1.00 bits per heavy atom. The maximum atomic E-state index is 5.61. The molecular weight excluding hydrogens is 224 g/mol. The van der Waals surface area contributed by atoms with Crippen LogP contribution in [0.1, 0.15) is 17.0 Å². The van der Waals surface area contributed by atoms with E-state index in [4.69, 9.17) is 5.73 Å². The van der Waals surface area contributed by atoms with Crippen molar-refractivity contribution < 1.29 is 0 Å². The Morgan fingerprint density at radius 3 is 2.61 bits per heavy atom. The molecule has 3 rings (SSSR count). The van der Waals surface area contributed by atoms with E-state index in [1.54, 1.807) is 4.52 Å². The number of hydrogen-bond donors (Lipinski definition) is 1. The maximum Gasteiger partial charge on any atom is 0.156 e. The van der Waals surface area contributed by atoms with Crippen molar-refractivity contribution in [2.75, 3.05) is 0 Å². The molecule has 0 fully saturated rings. The van der Waals surface area contributed by atoms with Gasteiger partial charge in [-0.05, 0) is 17.2 Å². The van der Waals surface area contributed by atoms with Gasteiger partial charge >= 0.3 is 0 Å². The van der Waals surface area contributed by atoms with E-state index in [1.165, 1.54) is 5.56 Å². The number of pyridine rings is 1. The number of nitrogens with two attached hydrogens (primary N) is 1. The number of aromatic nitrogens is 3. The van der Waals surface area contributed by atoms with Crippen LogP contribution < -0.4 is 5.73 Å². The zero-order chi connectivity index (χ0) is 12.4. The summed E-state index contributed by atoms with van der Waals surface area (Å²) in [7, 11) is 0. The van der Waals surface area contributed by atoms with Crippen molar-refractivity contribution in [2.24, 2.45) is 5.73 Å². The highest BCUT2D eigenvalue weighted by molar-refractivity contribution is 5.39. The van der Waals surface area contributed by atoms with E-state index in [1.807, 2.05) is 36.5 Å². The van der Waals surface area contributed by atoms with Gasteiger partial charge in [0.2, 0.25) is 0 Å². The summed E-state index contributed by atoms with van der Waals surface area (Å²) in [5.41, 5.74) is 8.74. The van der Waals surface area contributed by atoms with Gasteiger partial charge in [-0.3, -0.25) is 0 Å². The van der Waals surface area contributed by atoms with E-state index in [-0.39, 0.29) is 0 Å². The second-order valence-electron chi connectivity index (χ2n) is 4.23. The van der Waals surface area contributed by atoms with Gasteiger partial charge in [-0.15, -0.1) is 0 Å². The van der Waals surface area contributed by atoms with Crippen molar-refractivity contribution in [3.63, 3.8) is 0 Å². The van der Waals surface area contributed by atoms with Crippen molar-refractivity contribution in [1.82, 2.24) is 14.6 Å². The molecule has 3 aromatic rings. The molecule has 0 radical (unpaired) electrons. The minimum atomic E-state index is 0.518. The molecule has 0 bridgehead atoms. The van der Waals surface area contributed by atoms with Crippen LogP contribution in [-0.4, -0.2) is 14.6 Å². The van der Waals surface area contributed by atoms with Crippen LogP contribution in [0.15, 0.2) is 48.7 Å². The minimum absolute atomic E-state index is 0.518. The van der Waals surface area contributed by atoms with Gasteiger partial charge < -0.3 is 5.73 Å². The molecule has 1 aromatic carbocycles. The Morgan fingerprint density at radius 2 is 1.83 bits per heavy atom. The molecule has 2 N–H and O–H groups in total. The minimum Gasteiger partial charge on any atom is -0.326 e. The summed E-state index contributed by atoms with van der Waals surface area (Å²) in [6, 6.07) is 14.2. The molecule has 0 aliphatic heterocycles. The summed E-state index contributed by atoms with van der Waals surface area (Å²) < 4.78 is 1.79. The molecule has 0 aliphatic rings. The van der Waals surface area contributed by atoms with Crippen LogP contribution >= 0.6 is 0 Å². The fourth-order valence-electron chi connectivity index (χ4n) is 1.95. The van der Waals surface area contributed by atoms with Gasteiger partial charge in [0.25, 0.3) is 0 Å². The van der Waals surface area contributed by atoms with E-state index < -0.39 is 0 Å². The van der Waals surface area contributed by atoms with Crippen LogP contribution in [0.4, 0.5) is 0 Å². The van der Waals surface area contributed by atoms with Crippen LogP contribution in [0.5, 0.6) is 0 Å². The highest BCUT2D eigenvalue weighted by Gasteiger charge is 2.04. The number of rotatable bonds is 3. The van der Waals surface area contributed by atoms with Crippen molar-refractivity contribution in [3.8, 4) is 0 Å². The normalized spacial score (nSPS) is 10.9. The van der Waals surface area contributed by atoms with Crippen molar-refractivity contribution >= 4 is 5.65 Å². The second-order valence-corrected chi connectivity index (χ2v) is 4.23. The van der Waals surface area contributed by atoms with Crippen molar-refractivity contribution in [1.29, 1.82) is 0 Å². The first-order valence-electron chi connectivity index (χ1n) is 5.93. The lowest BCUT2D eigenvalue weighted by Crippen LogP contribution is -1.99. The highest BCUT2D eigenvalue weighted by Crippen LogP contribution is 2.08. The predicted octanol–water partition coefficient (Wildman–Crippen LogP) is 1.78. The van der Waals surface area contributed by atoms with Gasteiger partial charge in [-0.25, -0.2) is 9.50 Å². The standard InChI is InChI=1S/C14H14N4/c15-9-12-6-7-14-16-13(17-18(14)10-12)8-11-4-2-1-3-5-11/h1-7,10H,8-9,15H2. The molecule has 90 valence electrons. The highest BCUT2D eigenvalue weighted by atomic mass is 15.3. The van der Waals surface area contributed by atoms with Gasteiger partial charge in [0.15, 0.2) is 11.5 Å². The fourth-order valence-corrected chi connectivity index (χ4v) is 1.95. The van der Waals surface area contributed by atoms with Crippen LogP contribution in [0.25, 0.3) is 5.65 Å². The Hall–Kier alpha value is -2.20. The molecule has 4 heteroatoms. The summed E-state index contributed by atoms with van der Waals surface area (Å²) in [6.07, 6.45) is 2.68. The summed E-state index contributed by atoms with van der Waals surface area (Å²) in [4.78, 5) is 4.49. The Labute approximate surface area is 105 Å². The number of nitrogens with zero attached hydrogens (tertiary/aromatic N) is 3. The van der Waals surface area contributed by atoms with E-state index in [0.717, 1.165) is 23.5 Å². The van der Waals surface area contributed by atoms with Gasteiger partial charge in [-0.2, -0.15) is 5.10 Å². The molecule has 2 aromatic heterocycles. The van der Waals surface area contributed by atoms with Gasteiger partial charge in [0.1, 0.15) is 0 Å². The third kappa shape index (κ3) is 2.10. The lowest BCUT2D eigenvalue weighted by molar-refractivity contribution is 0.884. The average Bonchev–Trinajstić information content (AvgIpc) is 2.80. The van der Waals surface area contributed by atoms with Gasteiger partial charge in [-0.1, -0.05) is 36.4 Å². The molecule has 0 amide bonds. The first kappa shape index (κ1) is 10.9. The van der Waals surface area contributed by atoms with E-state index in [2.05, 4.69) is 22.2 Å². The topological polar surface area (TPSA) is 56.2 Å². The molecule has 4 nitrogen and oxygen atoms in total. The maximum absolute atomic E-state index is 5.61. The molecule has 0 atom stereocenters. The SMILES string of the molecule is NCc1ccc2nc(Cc3ccccc3)nn2c1. The lowest BCUT2D eigenvalue weighted by atomic mass is 10.1. The third-order valence-electron chi connectivity index (χ3n) is 2.88. The molecule has 0 spiro atoms. The van der Waals surface area contributed by atoms with Gasteiger partial charge in [0, 0.05) is 19.2 Å². The zero-order valence-corrected chi connectivity index (χ0v) is 9.95. The van der Waals surface area contributed by atoms with Crippen LogP contribution in [-0.2, 0) is 13.0 Å². The number of benzene rings is 1. The van der Waals surface area contributed by atoms with E-state index >= 15 is 0 Å². The molecular formula is C14H14N4. The summed E-state index contributed by atoms with van der Waals surface area (Å²) in [5.74, 6) is 0.829. The number of fused-ring (bicyclic) bond motifs is 1. The second kappa shape index (κ2) is 4.58. The van der Waals surface area contributed by atoms with Crippen LogP contribution in [0.2, 0.25) is 0 Å². The van der Waals surface area contributed by atoms with Crippen molar-refractivity contribution in [3.05, 3.63) is 65.6 Å². The first-order valence-corrected chi connectivity index (χ1v) is 5.93. The third-order valence-corrected chi connectivity index (χ3v) is 2.88. The van der Waals surface area contributed by atoms with Crippen LogP contribution in [0, 0.1) is 0 Å². The zero-order valence-electron chi connectivity index (χ0n) is 9.95. The number of hydrogen-bond acceptors (Lipinski definition) is 3. The quantitative estimate of drug-likeness (QED) is 0.756. The molecule has 0 saturated carbocycles. The summed E-state index contributed by atoms with van der Waals surface area (Å²) in [6.45, 7) is 0.518. The van der Waals surface area contributed by atoms with Crippen molar-refractivity contribution in [2.45, 2.75) is 13.0 Å². The first-order chi connectivity index (χ1) is 8.85. The van der Waals surface area contributed by atoms with E-state index in [0.29, 0.717) is 6.54 Å². The Balaban J connectivity index is 1.94. The summed E-state index contributed by atoms with van der Waals surface area (Å²) >= 11 is 0. The molecule has 2 heterocycles. The predicted molar refractivity (Wildman–Crippen MR) is 70.1 cm³/mol. The van der Waals surface area contributed by atoms with E-state index in [9.17, 15) is 0 Å². The smallest absolute Gasteiger partial charge is 0.156 e. The largest absolute Gasteiger partial charge is 0.326 e. The Bertz CT molecular complexity index is 658. The molecule has 0 saturated heterocycles.